The number of benzene rings is 1. The Morgan fingerprint density at radius 3 is 2.65 bits per heavy atom. The van der Waals surface area contributed by atoms with Crippen LogP contribution in [0.25, 0.3) is 0 Å². The molecular weight excluding hydrogens is 390 g/mol. The monoisotopic (exact) mass is 403 g/mol. The van der Waals surface area contributed by atoms with Gasteiger partial charge in [0.05, 0.1) is 12.0 Å². The number of carbonyl (C=O) groups excluding carboxylic acids is 1. The van der Waals surface area contributed by atoms with Gasteiger partial charge in [0.15, 0.2) is 0 Å². The van der Waals surface area contributed by atoms with Crippen LogP contribution in [0, 0.1) is 5.92 Å². The molecule has 0 aromatic heterocycles. The fraction of sp³-hybridized carbons (Fsp3) is 0.429. The molecule has 1 N–H and O–H groups in total. The number of nitrogens with zero attached hydrogens (tertiary/aromatic N) is 1. The zero-order valence-corrected chi connectivity index (χ0v) is 14.1. The van der Waals surface area contributed by atoms with Crippen LogP contribution in [0.3, 0.4) is 0 Å². The Bertz CT molecular complexity index is 547. The minimum Gasteiger partial charge on any atom is -0.481 e. The molecule has 2 atom stereocenters. The van der Waals surface area contributed by atoms with E-state index >= 15 is 0 Å². The third kappa shape index (κ3) is 3.06. The molecule has 1 aliphatic rings. The average molecular weight is 405 g/mol. The van der Waals surface area contributed by atoms with Crippen molar-refractivity contribution in [2.45, 2.75) is 25.3 Å². The summed E-state index contributed by atoms with van der Waals surface area (Å²) in [5.74, 6) is -1.42. The number of likely N-dealkylation sites (tertiary alicyclic amines) is 1. The number of rotatable bonds is 2. The van der Waals surface area contributed by atoms with E-state index in [9.17, 15) is 14.7 Å². The lowest BCUT2D eigenvalue weighted by molar-refractivity contribution is -0.145. The van der Waals surface area contributed by atoms with E-state index in [0.717, 1.165) is 14.5 Å². The van der Waals surface area contributed by atoms with Gasteiger partial charge in [-0.25, -0.2) is 0 Å². The van der Waals surface area contributed by atoms with E-state index in [0.29, 0.717) is 19.3 Å². The average Bonchev–Trinajstić information content (AvgIpc) is 2.54. The van der Waals surface area contributed by atoms with Crippen LogP contribution < -0.4 is 0 Å². The molecule has 20 heavy (non-hydrogen) atoms. The Kier molecular flexibility index (Phi) is 4.86. The molecule has 0 spiro atoms. The highest BCUT2D eigenvalue weighted by Gasteiger charge is 2.36. The second kappa shape index (κ2) is 6.26. The molecule has 1 aliphatic heterocycles. The molecule has 108 valence electrons. The van der Waals surface area contributed by atoms with Crippen molar-refractivity contribution in [2.24, 2.45) is 5.92 Å². The minimum absolute atomic E-state index is 0.00205. The van der Waals surface area contributed by atoms with Gasteiger partial charge in [-0.2, -0.15) is 0 Å². The molecule has 1 saturated heterocycles. The fourth-order valence-corrected chi connectivity index (χ4v) is 3.29. The first-order valence-electron chi connectivity index (χ1n) is 6.35. The summed E-state index contributed by atoms with van der Waals surface area (Å²) in [6.07, 6.45) is 1.55. The van der Waals surface area contributed by atoms with E-state index in [1.807, 2.05) is 18.2 Å². The van der Waals surface area contributed by atoms with Crippen LogP contribution in [0.4, 0.5) is 0 Å². The fourth-order valence-electron chi connectivity index (χ4n) is 2.64. The predicted octanol–water partition coefficient (Wildman–Crippen LogP) is 3.60. The van der Waals surface area contributed by atoms with E-state index < -0.39 is 17.9 Å². The highest BCUT2D eigenvalue weighted by Crippen LogP contribution is 2.37. The topological polar surface area (TPSA) is 57.6 Å². The number of aliphatic carboxylic acids is 1. The molecule has 0 bridgehead atoms. The summed E-state index contributed by atoms with van der Waals surface area (Å²) in [6.45, 7) is 0. The van der Waals surface area contributed by atoms with E-state index in [1.165, 1.54) is 0 Å². The second-order valence-corrected chi connectivity index (χ2v) is 6.67. The quantitative estimate of drug-likeness (QED) is 0.819. The van der Waals surface area contributed by atoms with Gasteiger partial charge in [-0.15, -0.1) is 0 Å². The molecule has 1 amide bonds. The summed E-state index contributed by atoms with van der Waals surface area (Å²) in [7, 11) is 1.68. The molecular formula is C14H15Br2NO3. The van der Waals surface area contributed by atoms with Crippen LogP contribution >= 0.6 is 31.9 Å². The predicted molar refractivity (Wildman–Crippen MR) is 82.3 cm³/mol. The van der Waals surface area contributed by atoms with Crippen LogP contribution in [0.15, 0.2) is 27.1 Å². The van der Waals surface area contributed by atoms with Crippen LogP contribution in [-0.4, -0.2) is 28.9 Å². The van der Waals surface area contributed by atoms with Crippen LogP contribution in [0.5, 0.6) is 0 Å². The van der Waals surface area contributed by atoms with Gasteiger partial charge < -0.3 is 10.0 Å². The van der Waals surface area contributed by atoms with Gasteiger partial charge in [-0.1, -0.05) is 6.07 Å². The minimum atomic E-state index is -0.851. The van der Waals surface area contributed by atoms with Crippen molar-refractivity contribution in [1.29, 1.82) is 0 Å². The van der Waals surface area contributed by atoms with Crippen molar-refractivity contribution in [2.75, 3.05) is 7.05 Å². The third-order valence-corrected chi connectivity index (χ3v) is 5.58. The van der Waals surface area contributed by atoms with Gasteiger partial charge >= 0.3 is 5.97 Å². The van der Waals surface area contributed by atoms with Gasteiger partial charge in [0.2, 0.25) is 5.91 Å². The molecule has 1 aromatic rings. The van der Waals surface area contributed by atoms with Crippen LogP contribution in [-0.2, 0) is 9.59 Å². The number of hydrogen-bond acceptors (Lipinski definition) is 2. The van der Waals surface area contributed by atoms with Gasteiger partial charge in [-0.05, 0) is 62.4 Å². The molecule has 1 heterocycles. The van der Waals surface area contributed by atoms with E-state index in [2.05, 4.69) is 31.9 Å². The maximum Gasteiger partial charge on any atom is 0.308 e. The zero-order chi connectivity index (χ0) is 14.9. The zero-order valence-electron chi connectivity index (χ0n) is 11.0. The SMILES string of the molecule is CN1C(=O)CCCC(C(=O)O)C1c1ccc(Br)c(Br)c1. The van der Waals surface area contributed by atoms with Gasteiger partial charge in [-0.3, -0.25) is 9.59 Å². The third-order valence-electron chi connectivity index (χ3n) is 3.70. The molecule has 2 unspecified atom stereocenters. The Hall–Kier alpha value is -0.880. The Labute approximate surface area is 134 Å². The van der Waals surface area contributed by atoms with Crippen molar-refractivity contribution >= 4 is 43.7 Å². The molecule has 2 rings (SSSR count). The van der Waals surface area contributed by atoms with Crippen molar-refractivity contribution in [3.8, 4) is 0 Å². The maximum absolute atomic E-state index is 12.0. The Morgan fingerprint density at radius 1 is 1.35 bits per heavy atom. The molecule has 1 aromatic carbocycles. The molecule has 0 radical (unpaired) electrons. The van der Waals surface area contributed by atoms with Crippen molar-refractivity contribution < 1.29 is 14.7 Å². The molecule has 6 heteroatoms. The maximum atomic E-state index is 12.0. The first-order chi connectivity index (χ1) is 9.41. The largest absolute Gasteiger partial charge is 0.481 e. The number of carboxylic acid groups (broad SMARTS) is 1. The summed E-state index contributed by atoms with van der Waals surface area (Å²) in [6, 6.07) is 5.18. The standard InChI is InChI=1S/C14H15Br2NO3/c1-17-12(18)4-2-3-9(14(19)20)13(17)8-5-6-10(15)11(16)7-8/h5-7,9,13H,2-4H2,1H3,(H,19,20). The summed E-state index contributed by atoms with van der Waals surface area (Å²) >= 11 is 6.82. The first kappa shape index (κ1) is 15.5. The molecule has 0 aliphatic carbocycles. The summed E-state index contributed by atoms with van der Waals surface area (Å²) < 4.78 is 1.75. The Balaban J connectivity index is 2.47. The number of carbonyl (C=O) groups is 2. The van der Waals surface area contributed by atoms with Crippen LogP contribution in [0.1, 0.15) is 30.9 Å². The molecule has 0 saturated carbocycles. The summed E-state index contributed by atoms with van der Waals surface area (Å²) in [4.78, 5) is 25.1. The first-order valence-corrected chi connectivity index (χ1v) is 7.94. The highest BCUT2D eigenvalue weighted by atomic mass is 79.9. The van der Waals surface area contributed by atoms with Crippen LogP contribution in [0.2, 0.25) is 0 Å². The van der Waals surface area contributed by atoms with E-state index in [4.69, 9.17) is 0 Å². The van der Waals surface area contributed by atoms with Crippen molar-refractivity contribution in [3.05, 3.63) is 32.7 Å². The van der Waals surface area contributed by atoms with Gasteiger partial charge in [0, 0.05) is 22.4 Å². The number of halogens is 2. The van der Waals surface area contributed by atoms with Gasteiger partial charge in [0.1, 0.15) is 0 Å². The van der Waals surface area contributed by atoms with Crippen molar-refractivity contribution in [1.82, 2.24) is 4.90 Å². The van der Waals surface area contributed by atoms with Crippen molar-refractivity contribution in [3.63, 3.8) is 0 Å². The summed E-state index contributed by atoms with van der Waals surface area (Å²) in [5, 5.41) is 9.46. The van der Waals surface area contributed by atoms with Gasteiger partial charge in [0.25, 0.3) is 0 Å². The lowest BCUT2D eigenvalue weighted by Gasteiger charge is -2.31. The second-order valence-electron chi connectivity index (χ2n) is 4.96. The highest BCUT2D eigenvalue weighted by molar-refractivity contribution is 9.13. The lowest BCUT2D eigenvalue weighted by atomic mass is 9.89. The molecule has 4 nitrogen and oxygen atoms in total. The number of hydrogen-bond donors (Lipinski definition) is 1. The Morgan fingerprint density at radius 2 is 2.05 bits per heavy atom. The lowest BCUT2D eigenvalue weighted by Crippen LogP contribution is -2.36. The van der Waals surface area contributed by atoms with E-state index in [-0.39, 0.29) is 5.91 Å². The number of carboxylic acids is 1. The molecule has 1 fully saturated rings. The summed E-state index contributed by atoms with van der Waals surface area (Å²) in [5.41, 5.74) is 0.838. The van der Waals surface area contributed by atoms with E-state index in [1.54, 1.807) is 11.9 Å². The number of amides is 1. The normalized spacial score (nSPS) is 23.6. The smallest absolute Gasteiger partial charge is 0.308 e.